The van der Waals surface area contributed by atoms with Gasteiger partial charge in [0.1, 0.15) is 5.75 Å². The highest BCUT2D eigenvalue weighted by Crippen LogP contribution is 2.21. The summed E-state index contributed by atoms with van der Waals surface area (Å²) < 4.78 is 5.25. The van der Waals surface area contributed by atoms with Crippen LogP contribution in [0.4, 0.5) is 11.4 Å². The van der Waals surface area contributed by atoms with E-state index in [2.05, 4.69) is 5.43 Å². The second kappa shape index (κ2) is 3.82. The molecule has 1 rings (SSSR count). The Balaban J connectivity index is 2.90. The van der Waals surface area contributed by atoms with E-state index >= 15 is 0 Å². The van der Waals surface area contributed by atoms with Crippen LogP contribution in [0.1, 0.15) is 6.92 Å². The second-order valence-electron chi connectivity index (χ2n) is 2.37. The van der Waals surface area contributed by atoms with Gasteiger partial charge in [0.05, 0.1) is 12.3 Å². The molecule has 0 spiro atoms. The molecule has 0 amide bonds. The van der Waals surface area contributed by atoms with Gasteiger partial charge in [-0.05, 0) is 13.0 Å². The average molecular weight is 167 g/mol. The first-order valence-corrected chi connectivity index (χ1v) is 3.76. The molecule has 0 fully saturated rings. The Bertz CT molecular complexity index is 262. The lowest BCUT2D eigenvalue weighted by molar-refractivity contribution is 0.340. The van der Waals surface area contributed by atoms with E-state index in [1.165, 1.54) is 0 Å². The Morgan fingerprint density at radius 3 is 2.75 bits per heavy atom. The number of hydrazine groups is 1. The Morgan fingerprint density at radius 1 is 1.42 bits per heavy atom. The lowest BCUT2D eigenvalue weighted by atomic mass is 10.2. The van der Waals surface area contributed by atoms with Crippen molar-refractivity contribution in [2.75, 3.05) is 17.8 Å². The van der Waals surface area contributed by atoms with Crippen LogP contribution in [-0.2, 0) is 0 Å². The summed E-state index contributed by atoms with van der Waals surface area (Å²) in [6.07, 6.45) is 0. The van der Waals surface area contributed by atoms with Crippen molar-refractivity contribution in [1.29, 1.82) is 0 Å². The van der Waals surface area contributed by atoms with Crippen molar-refractivity contribution in [2.24, 2.45) is 5.84 Å². The average Bonchev–Trinajstić information content (AvgIpc) is 2.04. The molecule has 4 nitrogen and oxygen atoms in total. The van der Waals surface area contributed by atoms with E-state index in [9.17, 15) is 0 Å². The highest BCUT2D eigenvalue weighted by Gasteiger charge is 1.97. The van der Waals surface area contributed by atoms with Gasteiger partial charge in [-0.25, -0.2) is 0 Å². The first-order chi connectivity index (χ1) is 5.76. The SMILES string of the molecule is CCOc1cc(N)cc(NN)c1. The Kier molecular flexibility index (Phi) is 2.76. The molecule has 12 heavy (non-hydrogen) atoms. The highest BCUT2D eigenvalue weighted by molar-refractivity contribution is 5.58. The van der Waals surface area contributed by atoms with Crippen molar-refractivity contribution in [3.05, 3.63) is 18.2 Å². The summed E-state index contributed by atoms with van der Waals surface area (Å²) in [5.41, 5.74) is 9.48. The van der Waals surface area contributed by atoms with Crippen LogP contribution in [0, 0.1) is 0 Å². The lowest BCUT2D eigenvalue weighted by Crippen LogP contribution is -2.07. The molecule has 66 valence electrons. The molecule has 0 aromatic heterocycles. The number of nitrogens with two attached hydrogens (primary N) is 2. The van der Waals surface area contributed by atoms with Gasteiger partial charge in [0, 0.05) is 17.8 Å². The largest absolute Gasteiger partial charge is 0.494 e. The van der Waals surface area contributed by atoms with Gasteiger partial charge in [-0.3, -0.25) is 5.84 Å². The normalized spacial score (nSPS) is 9.50. The van der Waals surface area contributed by atoms with E-state index in [-0.39, 0.29) is 0 Å². The summed E-state index contributed by atoms with van der Waals surface area (Å²) in [5.74, 6) is 5.95. The number of anilines is 2. The Hall–Kier alpha value is -1.42. The van der Waals surface area contributed by atoms with Crippen molar-refractivity contribution >= 4 is 11.4 Å². The first-order valence-electron chi connectivity index (χ1n) is 3.76. The van der Waals surface area contributed by atoms with Gasteiger partial charge in [-0.1, -0.05) is 0 Å². The number of nitrogen functional groups attached to an aromatic ring is 2. The highest BCUT2D eigenvalue weighted by atomic mass is 16.5. The van der Waals surface area contributed by atoms with Crippen LogP contribution in [0.3, 0.4) is 0 Å². The molecule has 0 bridgehead atoms. The van der Waals surface area contributed by atoms with Gasteiger partial charge in [-0.15, -0.1) is 0 Å². The predicted octanol–water partition coefficient (Wildman–Crippen LogP) is 0.953. The number of rotatable bonds is 3. The van der Waals surface area contributed by atoms with Crippen molar-refractivity contribution < 1.29 is 4.74 Å². The van der Waals surface area contributed by atoms with Crippen LogP contribution in [0.5, 0.6) is 5.75 Å². The standard InChI is InChI=1S/C8H13N3O/c1-2-12-8-4-6(9)3-7(5-8)11-10/h3-5,11H,2,9-10H2,1H3. The maximum atomic E-state index is 5.59. The van der Waals surface area contributed by atoms with Gasteiger partial charge in [0.25, 0.3) is 0 Å². The van der Waals surface area contributed by atoms with Crippen molar-refractivity contribution in [3.63, 3.8) is 0 Å². The zero-order valence-corrected chi connectivity index (χ0v) is 7.00. The topological polar surface area (TPSA) is 73.3 Å². The summed E-state index contributed by atoms with van der Waals surface area (Å²) in [4.78, 5) is 0. The minimum atomic E-state index is 0.619. The number of hydrogen-bond acceptors (Lipinski definition) is 4. The van der Waals surface area contributed by atoms with Crippen molar-refractivity contribution in [1.82, 2.24) is 0 Å². The number of ether oxygens (including phenoxy) is 1. The van der Waals surface area contributed by atoms with E-state index in [4.69, 9.17) is 16.3 Å². The molecule has 0 aliphatic heterocycles. The Morgan fingerprint density at radius 2 is 2.17 bits per heavy atom. The van der Waals surface area contributed by atoms with E-state index in [0.717, 1.165) is 11.4 Å². The van der Waals surface area contributed by atoms with E-state index in [1.54, 1.807) is 18.2 Å². The maximum Gasteiger partial charge on any atom is 0.123 e. The monoisotopic (exact) mass is 167 g/mol. The van der Waals surface area contributed by atoms with Crippen LogP contribution in [-0.4, -0.2) is 6.61 Å². The molecule has 0 aliphatic carbocycles. The minimum Gasteiger partial charge on any atom is -0.494 e. The van der Waals surface area contributed by atoms with Crippen LogP contribution in [0.15, 0.2) is 18.2 Å². The quantitative estimate of drug-likeness (QED) is 0.356. The summed E-state index contributed by atoms with van der Waals surface area (Å²) >= 11 is 0. The lowest BCUT2D eigenvalue weighted by Gasteiger charge is -2.06. The molecular formula is C8H13N3O. The van der Waals surface area contributed by atoms with E-state index < -0.39 is 0 Å². The van der Waals surface area contributed by atoms with Gasteiger partial charge in [0.2, 0.25) is 0 Å². The van der Waals surface area contributed by atoms with Gasteiger partial charge < -0.3 is 15.9 Å². The summed E-state index contributed by atoms with van der Waals surface area (Å²) in [6, 6.07) is 5.28. The fraction of sp³-hybridized carbons (Fsp3) is 0.250. The predicted molar refractivity (Wildman–Crippen MR) is 49.8 cm³/mol. The second-order valence-corrected chi connectivity index (χ2v) is 2.37. The molecule has 0 unspecified atom stereocenters. The zero-order valence-electron chi connectivity index (χ0n) is 7.00. The first kappa shape index (κ1) is 8.67. The van der Waals surface area contributed by atoms with Crippen LogP contribution < -0.4 is 21.7 Å². The third kappa shape index (κ3) is 2.03. The van der Waals surface area contributed by atoms with Gasteiger partial charge >= 0.3 is 0 Å². The number of nitrogens with one attached hydrogen (secondary N) is 1. The molecule has 0 aliphatic rings. The molecule has 0 radical (unpaired) electrons. The molecule has 0 atom stereocenters. The molecule has 1 aromatic rings. The van der Waals surface area contributed by atoms with E-state index in [1.807, 2.05) is 6.92 Å². The third-order valence-electron chi connectivity index (χ3n) is 1.41. The minimum absolute atomic E-state index is 0.619. The van der Waals surface area contributed by atoms with Crippen LogP contribution >= 0.6 is 0 Å². The summed E-state index contributed by atoms with van der Waals surface area (Å²) in [7, 11) is 0. The van der Waals surface area contributed by atoms with Crippen LogP contribution in [0.2, 0.25) is 0 Å². The molecule has 0 saturated heterocycles. The van der Waals surface area contributed by atoms with E-state index in [0.29, 0.717) is 12.3 Å². The fourth-order valence-corrected chi connectivity index (χ4v) is 0.955. The molecule has 5 N–H and O–H groups in total. The van der Waals surface area contributed by atoms with Crippen molar-refractivity contribution in [2.45, 2.75) is 6.92 Å². The fourth-order valence-electron chi connectivity index (χ4n) is 0.955. The molecule has 0 heterocycles. The molecule has 4 heteroatoms. The number of hydrogen-bond donors (Lipinski definition) is 3. The Labute approximate surface area is 71.5 Å². The summed E-state index contributed by atoms with van der Waals surface area (Å²) in [5, 5.41) is 0. The van der Waals surface area contributed by atoms with Crippen LogP contribution in [0.25, 0.3) is 0 Å². The summed E-state index contributed by atoms with van der Waals surface area (Å²) in [6.45, 7) is 2.53. The smallest absolute Gasteiger partial charge is 0.123 e. The molecule has 1 aromatic carbocycles. The third-order valence-corrected chi connectivity index (χ3v) is 1.41. The zero-order chi connectivity index (χ0) is 8.97. The maximum absolute atomic E-state index is 5.59. The molecule has 0 saturated carbocycles. The van der Waals surface area contributed by atoms with Crippen molar-refractivity contribution in [3.8, 4) is 5.75 Å². The van der Waals surface area contributed by atoms with Gasteiger partial charge in [0.15, 0.2) is 0 Å². The van der Waals surface area contributed by atoms with Gasteiger partial charge in [-0.2, -0.15) is 0 Å². The molecular weight excluding hydrogens is 154 g/mol. The number of benzene rings is 1.